The number of methoxy groups -OCH3 is 4. The Kier molecular flexibility index (Phi) is 6.89. The fourth-order valence-corrected chi connectivity index (χ4v) is 3.01. The Bertz CT molecular complexity index is 660. The number of nitrogens with zero attached hydrogens (tertiary/aromatic N) is 1. The number of hydrogen-bond acceptors (Lipinski definition) is 6. The summed E-state index contributed by atoms with van der Waals surface area (Å²) >= 11 is 0. The second-order valence-electron chi connectivity index (χ2n) is 5.94. The van der Waals surface area contributed by atoms with Crippen LogP contribution in [0.3, 0.4) is 0 Å². The summed E-state index contributed by atoms with van der Waals surface area (Å²) in [6.45, 7) is 1.01. The molecule has 1 atom stereocenters. The quantitative estimate of drug-likeness (QED) is 0.569. The van der Waals surface area contributed by atoms with Crippen LogP contribution >= 0.6 is 0 Å². The van der Waals surface area contributed by atoms with E-state index in [0.717, 1.165) is 18.4 Å². The van der Waals surface area contributed by atoms with Crippen LogP contribution in [0, 0.1) is 5.92 Å². The van der Waals surface area contributed by atoms with Crippen molar-refractivity contribution in [3.8, 4) is 17.2 Å². The third-order valence-corrected chi connectivity index (χ3v) is 4.37. The number of amides is 1. The summed E-state index contributed by atoms with van der Waals surface area (Å²) in [7, 11) is 5.98. The first-order chi connectivity index (χ1) is 12.5. The van der Waals surface area contributed by atoms with Crippen molar-refractivity contribution in [3.05, 3.63) is 23.8 Å². The molecule has 1 fully saturated rings. The van der Waals surface area contributed by atoms with Crippen LogP contribution in [0.25, 0.3) is 6.08 Å². The smallest absolute Gasteiger partial charge is 0.310 e. The van der Waals surface area contributed by atoms with E-state index in [-0.39, 0.29) is 17.8 Å². The van der Waals surface area contributed by atoms with Crippen molar-refractivity contribution in [2.75, 3.05) is 41.5 Å². The van der Waals surface area contributed by atoms with Crippen molar-refractivity contribution in [1.82, 2.24) is 4.90 Å². The molecule has 1 heterocycles. The van der Waals surface area contributed by atoms with Crippen molar-refractivity contribution >= 4 is 18.0 Å². The first-order valence-electron chi connectivity index (χ1n) is 8.38. The van der Waals surface area contributed by atoms with Crippen LogP contribution in [0.5, 0.6) is 17.2 Å². The number of carbonyl (C=O) groups excluding carboxylic acids is 2. The van der Waals surface area contributed by atoms with E-state index >= 15 is 0 Å². The average Bonchev–Trinajstić information content (AvgIpc) is 2.70. The van der Waals surface area contributed by atoms with Crippen molar-refractivity contribution in [3.63, 3.8) is 0 Å². The van der Waals surface area contributed by atoms with Gasteiger partial charge in [-0.2, -0.15) is 0 Å². The van der Waals surface area contributed by atoms with Crippen LogP contribution in [0.2, 0.25) is 0 Å². The molecule has 0 spiro atoms. The summed E-state index contributed by atoms with van der Waals surface area (Å²) < 4.78 is 20.7. The van der Waals surface area contributed by atoms with Gasteiger partial charge in [-0.25, -0.2) is 0 Å². The van der Waals surface area contributed by atoms with Crippen LogP contribution in [-0.2, 0) is 14.3 Å². The topological polar surface area (TPSA) is 74.3 Å². The normalized spacial score (nSPS) is 17.1. The van der Waals surface area contributed by atoms with E-state index < -0.39 is 0 Å². The number of benzene rings is 1. The van der Waals surface area contributed by atoms with Gasteiger partial charge in [0.05, 0.1) is 34.4 Å². The van der Waals surface area contributed by atoms with Crippen LogP contribution in [-0.4, -0.2) is 58.3 Å². The average molecular weight is 363 g/mol. The van der Waals surface area contributed by atoms with E-state index in [2.05, 4.69) is 0 Å². The van der Waals surface area contributed by atoms with Gasteiger partial charge in [0.1, 0.15) is 0 Å². The van der Waals surface area contributed by atoms with Crippen molar-refractivity contribution in [2.45, 2.75) is 12.8 Å². The number of carbonyl (C=O) groups is 2. The summed E-state index contributed by atoms with van der Waals surface area (Å²) in [5.74, 6) is 0.858. The van der Waals surface area contributed by atoms with E-state index in [1.54, 1.807) is 23.1 Å². The Morgan fingerprint density at radius 3 is 2.27 bits per heavy atom. The van der Waals surface area contributed by atoms with Gasteiger partial charge in [-0.15, -0.1) is 0 Å². The molecule has 1 amide bonds. The van der Waals surface area contributed by atoms with E-state index in [1.807, 2.05) is 0 Å². The zero-order valence-electron chi connectivity index (χ0n) is 15.6. The molecule has 0 radical (unpaired) electrons. The van der Waals surface area contributed by atoms with E-state index in [0.29, 0.717) is 30.3 Å². The molecule has 0 N–H and O–H groups in total. The second kappa shape index (κ2) is 9.12. The number of esters is 1. The highest BCUT2D eigenvalue weighted by Crippen LogP contribution is 2.38. The largest absolute Gasteiger partial charge is 0.493 e. The van der Waals surface area contributed by atoms with Crippen LogP contribution < -0.4 is 14.2 Å². The zero-order valence-corrected chi connectivity index (χ0v) is 15.6. The SMILES string of the molecule is COC(=O)C1CCCN(C(=O)/C=C/c2cc(OC)c(OC)c(OC)c2)C1. The van der Waals surface area contributed by atoms with Gasteiger partial charge in [-0.3, -0.25) is 9.59 Å². The highest BCUT2D eigenvalue weighted by Gasteiger charge is 2.28. The van der Waals surface area contributed by atoms with Gasteiger partial charge in [0.2, 0.25) is 11.7 Å². The van der Waals surface area contributed by atoms with Crippen LogP contribution in [0.4, 0.5) is 0 Å². The molecule has 142 valence electrons. The molecule has 1 aromatic carbocycles. The highest BCUT2D eigenvalue weighted by molar-refractivity contribution is 5.92. The fraction of sp³-hybridized carbons (Fsp3) is 0.474. The molecule has 2 rings (SSSR count). The molecule has 26 heavy (non-hydrogen) atoms. The summed E-state index contributed by atoms with van der Waals surface area (Å²) in [4.78, 5) is 25.8. The van der Waals surface area contributed by atoms with Gasteiger partial charge in [0.15, 0.2) is 11.5 Å². The Morgan fingerprint density at radius 2 is 1.73 bits per heavy atom. The van der Waals surface area contributed by atoms with E-state index in [1.165, 1.54) is 34.5 Å². The lowest BCUT2D eigenvalue weighted by molar-refractivity contribution is -0.148. The molecule has 1 saturated heterocycles. The van der Waals surface area contributed by atoms with Gasteiger partial charge < -0.3 is 23.8 Å². The maximum atomic E-state index is 12.5. The molecule has 1 unspecified atom stereocenters. The lowest BCUT2D eigenvalue weighted by Gasteiger charge is -2.30. The van der Waals surface area contributed by atoms with Gasteiger partial charge in [0.25, 0.3) is 0 Å². The molecular formula is C19H25NO6. The number of rotatable bonds is 6. The third-order valence-electron chi connectivity index (χ3n) is 4.37. The number of likely N-dealkylation sites (tertiary alicyclic amines) is 1. The highest BCUT2D eigenvalue weighted by atomic mass is 16.5. The van der Waals surface area contributed by atoms with Crippen LogP contribution in [0.1, 0.15) is 18.4 Å². The monoisotopic (exact) mass is 363 g/mol. The molecule has 7 heteroatoms. The fourth-order valence-electron chi connectivity index (χ4n) is 3.01. The van der Waals surface area contributed by atoms with Gasteiger partial charge >= 0.3 is 5.97 Å². The molecular weight excluding hydrogens is 338 g/mol. The second-order valence-corrected chi connectivity index (χ2v) is 5.94. The minimum Gasteiger partial charge on any atom is -0.493 e. The third kappa shape index (κ3) is 4.47. The Hall–Kier alpha value is -2.70. The van der Waals surface area contributed by atoms with Gasteiger partial charge in [-0.05, 0) is 36.6 Å². The summed E-state index contributed by atoms with van der Waals surface area (Å²) in [6.07, 6.45) is 4.70. The lowest BCUT2D eigenvalue weighted by atomic mass is 9.98. The Balaban J connectivity index is 2.13. The molecule has 0 bridgehead atoms. The van der Waals surface area contributed by atoms with Crippen molar-refractivity contribution in [1.29, 1.82) is 0 Å². The first kappa shape index (κ1) is 19.6. The molecule has 0 saturated carbocycles. The minimum absolute atomic E-state index is 0.146. The number of hydrogen-bond donors (Lipinski definition) is 0. The maximum Gasteiger partial charge on any atom is 0.310 e. The predicted molar refractivity (Wildman–Crippen MR) is 96.5 cm³/mol. The molecule has 1 aliphatic heterocycles. The van der Waals surface area contributed by atoms with Gasteiger partial charge in [0, 0.05) is 19.2 Å². The minimum atomic E-state index is -0.267. The lowest BCUT2D eigenvalue weighted by Crippen LogP contribution is -2.41. The molecule has 0 aromatic heterocycles. The molecule has 0 aliphatic carbocycles. The predicted octanol–water partition coefficient (Wildman–Crippen LogP) is 2.14. The first-order valence-corrected chi connectivity index (χ1v) is 8.38. The molecule has 1 aromatic rings. The summed E-state index contributed by atoms with van der Waals surface area (Å²) in [5, 5.41) is 0. The van der Waals surface area contributed by atoms with Crippen LogP contribution in [0.15, 0.2) is 18.2 Å². The molecule has 7 nitrogen and oxygen atoms in total. The Morgan fingerprint density at radius 1 is 1.08 bits per heavy atom. The van der Waals surface area contributed by atoms with E-state index in [4.69, 9.17) is 18.9 Å². The summed E-state index contributed by atoms with van der Waals surface area (Å²) in [5.41, 5.74) is 0.745. The van der Waals surface area contributed by atoms with Gasteiger partial charge in [-0.1, -0.05) is 0 Å². The number of piperidine rings is 1. The molecule has 1 aliphatic rings. The Labute approximate surface area is 153 Å². The standard InChI is InChI=1S/C19H25NO6/c1-23-15-10-13(11-16(24-2)18(15)25-3)7-8-17(21)20-9-5-6-14(12-20)19(22)26-4/h7-8,10-11,14H,5-6,9,12H2,1-4H3/b8-7+. The maximum absolute atomic E-state index is 12.5. The van der Waals surface area contributed by atoms with Crippen molar-refractivity contribution in [2.24, 2.45) is 5.92 Å². The van der Waals surface area contributed by atoms with Crippen molar-refractivity contribution < 1.29 is 28.5 Å². The van der Waals surface area contributed by atoms with E-state index in [9.17, 15) is 9.59 Å². The zero-order chi connectivity index (χ0) is 19.1. The number of ether oxygens (including phenoxy) is 4. The summed E-state index contributed by atoms with van der Waals surface area (Å²) in [6, 6.07) is 3.52.